The van der Waals surface area contributed by atoms with Crippen molar-refractivity contribution >= 4 is 23.0 Å². The Bertz CT molecular complexity index is 1050. The van der Waals surface area contributed by atoms with Gasteiger partial charge >= 0.3 is 0 Å². The van der Waals surface area contributed by atoms with E-state index in [0.29, 0.717) is 16.2 Å². The van der Waals surface area contributed by atoms with Gasteiger partial charge in [-0.3, -0.25) is 14.8 Å². The molecule has 6 nitrogen and oxygen atoms in total. The molecule has 116 valence electrons. The van der Waals surface area contributed by atoms with E-state index in [1.54, 1.807) is 35.2 Å². The molecule has 4 aromatic heterocycles. The second kappa shape index (κ2) is 5.82. The number of hydrogen-bond acceptors (Lipinski definition) is 5. The van der Waals surface area contributed by atoms with Crippen molar-refractivity contribution in [3.8, 4) is 11.3 Å². The van der Waals surface area contributed by atoms with Crippen LogP contribution < -0.4 is 0 Å². The van der Waals surface area contributed by atoms with Gasteiger partial charge in [0.1, 0.15) is 5.69 Å². The molecule has 0 fully saturated rings. The van der Waals surface area contributed by atoms with Gasteiger partial charge in [-0.2, -0.15) is 5.10 Å². The third-order valence-electron chi connectivity index (χ3n) is 3.60. The van der Waals surface area contributed by atoms with Crippen molar-refractivity contribution in [2.75, 3.05) is 0 Å². The van der Waals surface area contributed by atoms with Crippen molar-refractivity contribution < 1.29 is 4.79 Å². The summed E-state index contributed by atoms with van der Waals surface area (Å²) in [4.78, 5) is 25.1. The normalized spacial score (nSPS) is 10.9. The van der Waals surface area contributed by atoms with Crippen LogP contribution in [0.4, 0.5) is 0 Å². The van der Waals surface area contributed by atoms with Gasteiger partial charge in [0, 0.05) is 30.4 Å². The largest absolute Gasteiger partial charge is 0.287 e. The van der Waals surface area contributed by atoms with Crippen molar-refractivity contribution in [1.29, 1.82) is 0 Å². The summed E-state index contributed by atoms with van der Waals surface area (Å²) in [5.74, 6) is -0.310. The summed E-state index contributed by atoms with van der Waals surface area (Å²) in [6.45, 7) is 0. The predicted octanol–water partition coefficient (Wildman–Crippen LogP) is 3.07. The lowest BCUT2D eigenvalue weighted by Crippen LogP contribution is -2.05. The number of pyridine rings is 2. The number of fused-ring (bicyclic) bond motifs is 1. The lowest BCUT2D eigenvalue weighted by Gasteiger charge is -2.04. The highest BCUT2D eigenvalue weighted by Gasteiger charge is 2.20. The minimum Gasteiger partial charge on any atom is -0.287 e. The van der Waals surface area contributed by atoms with Crippen LogP contribution in [0.15, 0.2) is 61.3 Å². The van der Waals surface area contributed by atoms with Crippen LogP contribution in [0.3, 0.4) is 0 Å². The molecule has 0 unspecified atom stereocenters. The monoisotopic (exact) mass is 335 g/mol. The first kappa shape index (κ1) is 14.5. The highest BCUT2D eigenvalue weighted by Crippen LogP contribution is 2.23. The molecule has 0 amide bonds. The summed E-state index contributed by atoms with van der Waals surface area (Å²) < 4.78 is 1.62. The molecule has 7 heteroatoms. The van der Waals surface area contributed by atoms with Crippen molar-refractivity contribution in [2.45, 2.75) is 0 Å². The molecule has 0 aliphatic rings. The molecule has 0 bridgehead atoms. The molecule has 0 radical (unpaired) electrons. The van der Waals surface area contributed by atoms with Crippen LogP contribution in [0.25, 0.3) is 16.9 Å². The van der Waals surface area contributed by atoms with E-state index in [1.165, 1.54) is 12.4 Å². The van der Waals surface area contributed by atoms with E-state index in [0.717, 1.165) is 11.3 Å². The van der Waals surface area contributed by atoms with Crippen LogP contribution >= 0.6 is 11.6 Å². The highest BCUT2D eigenvalue weighted by molar-refractivity contribution is 6.34. The van der Waals surface area contributed by atoms with Crippen LogP contribution in [0, 0.1) is 0 Å². The molecule has 0 aliphatic heterocycles. The highest BCUT2D eigenvalue weighted by atomic mass is 35.5. The summed E-state index contributed by atoms with van der Waals surface area (Å²) >= 11 is 6.08. The number of carbonyl (C=O) groups excluding carboxylic acids is 1. The molecule has 0 saturated heterocycles. The Morgan fingerprint density at radius 2 is 1.83 bits per heavy atom. The first-order chi connectivity index (χ1) is 11.8. The lowest BCUT2D eigenvalue weighted by atomic mass is 10.1. The van der Waals surface area contributed by atoms with E-state index in [1.807, 2.05) is 18.2 Å². The minimum absolute atomic E-state index is 0.185. The molecule has 0 saturated carbocycles. The molecule has 0 N–H and O–H groups in total. The van der Waals surface area contributed by atoms with Crippen molar-refractivity contribution in [3.05, 3.63) is 77.6 Å². The summed E-state index contributed by atoms with van der Waals surface area (Å²) in [6, 6.07) is 8.87. The summed E-state index contributed by atoms with van der Waals surface area (Å²) in [5, 5.41) is 4.61. The SMILES string of the molecule is O=C(c1ncccc1Cl)c1cnn2c(-c3ccncc3)ccnc12. The van der Waals surface area contributed by atoms with Gasteiger partial charge in [-0.25, -0.2) is 9.50 Å². The van der Waals surface area contributed by atoms with E-state index in [2.05, 4.69) is 20.1 Å². The fraction of sp³-hybridized carbons (Fsp3) is 0. The molecule has 0 atom stereocenters. The van der Waals surface area contributed by atoms with Gasteiger partial charge in [0.25, 0.3) is 0 Å². The number of aromatic nitrogens is 5. The number of rotatable bonds is 3. The molecular formula is C17H10ClN5O. The van der Waals surface area contributed by atoms with Gasteiger partial charge < -0.3 is 0 Å². The molecule has 0 aliphatic carbocycles. The number of hydrogen-bond donors (Lipinski definition) is 0. The molecule has 0 aromatic carbocycles. The van der Waals surface area contributed by atoms with Crippen LogP contribution in [0.1, 0.15) is 16.1 Å². The molecule has 4 heterocycles. The standard InChI is InChI=1S/C17H10ClN5O/c18-13-2-1-6-20-15(13)16(24)12-10-22-23-14(5-9-21-17(12)23)11-3-7-19-8-4-11/h1-10H. The molecule has 24 heavy (non-hydrogen) atoms. The summed E-state index contributed by atoms with van der Waals surface area (Å²) in [7, 11) is 0. The summed E-state index contributed by atoms with van der Waals surface area (Å²) in [6.07, 6.45) is 8.06. The van der Waals surface area contributed by atoms with E-state index < -0.39 is 0 Å². The Morgan fingerprint density at radius 1 is 1.00 bits per heavy atom. The van der Waals surface area contributed by atoms with Crippen LogP contribution in [0.2, 0.25) is 5.02 Å². The van der Waals surface area contributed by atoms with E-state index >= 15 is 0 Å². The zero-order chi connectivity index (χ0) is 16.5. The van der Waals surface area contributed by atoms with E-state index in [4.69, 9.17) is 11.6 Å². The van der Waals surface area contributed by atoms with Crippen molar-refractivity contribution in [2.24, 2.45) is 0 Å². The van der Waals surface area contributed by atoms with E-state index in [9.17, 15) is 4.79 Å². The van der Waals surface area contributed by atoms with Crippen LogP contribution in [-0.4, -0.2) is 30.3 Å². The average Bonchev–Trinajstić information content (AvgIpc) is 3.06. The fourth-order valence-corrected chi connectivity index (χ4v) is 2.68. The maximum absolute atomic E-state index is 12.7. The maximum atomic E-state index is 12.7. The van der Waals surface area contributed by atoms with Crippen LogP contribution in [0.5, 0.6) is 0 Å². The Morgan fingerprint density at radius 3 is 2.62 bits per heavy atom. The second-order valence-corrected chi connectivity index (χ2v) is 5.43. The zero-order valence-corrected chi connectivity index (χ0v) is 13.1. The number of ketones is 1. The Hall–Kier alpha value is -3.12. The number of carbonyl (C=O) groups is 1. The predicted molar refractivity (Wildman–Crippen MR) is 88.9 cm³/mol. The number of halogens is 1. The second-order valence-electron chi connectivity index (χ2n) is 5.02. The maximum Gasteiger partial charge on any atom is 0.218 e. The summed E-state index contributed by atoms with van der Waals surface area (Å²) in [5.41, 5.74) is 2.73. The topological polar surface area (TPSA) is 73.0 Å². The molecular weight excluding hydrogens is 326 g/mol. The van der Waals surface area contributed by atoms with Gasteiger partial charge in [0.05, 0.1) is 22.5 Å². The Labute approximate surface area is 141 Å². The quantitative estimate of drug-likeness (QED) is 0.538. The van der Waals surface area contributed by atoms with Crippen molar-refractivity contribution in [3.63, 3.8) is 0 Å². The lowest BCUT2D eigenvalue weighted by molar-refractivity contribution is 0.103. The molecule has 4 rings (SSSR count). The van der Waals surface area contributed by atoms with Gasteiger partial charge in [-0.15, -0.1) is 0 Å². The van der Waals surface area contributed by atoms with Gasteiger partial charge in [0.15, 0.2) is 5.65 Å². The first-order valence-corrected chi connectivity index (χ1v) is 7.52. The van der Waals surface area contributed by atoms with Gasteiger partial charge in [-0.1, -0.05) is 11.6 Å². The third kappa shape index (κ3) is 2.33. The molecule has 4 aromatic rings. The third-order valence-corrected chi connectivity index (χ3v) is 3.90. The van der Waals surface area contributed by atoms with Gasteiger partial charge in [0.2, 0.25) is 5.78 Å². The Balaban J connectivity index is 1.88. The number of nitrogens with zero attached hydrogens (tertiary/aromatic N) is 5. The van der Waals surface area contributed by atoms with Crippen molar-refractivity contribution in [1.82, 2.24) is 24.6 Å². The Kier molecular flexibility index (Phi) is 3.51. The molecule has 0 spiro atoms. The average molecular weight is 336 g/mol. The first-order valence-electron chi connectivity index (χ1n) is 7.14. The smallest absolute Gasteiger partial charge is 0.218 e. The fourth-order valence-electron chi connectivity index (χ4n) is 2.47. The van der Waals surface area contributed by atoms with E-state index in [-0.39, 0.29) is 11.5 Å². The van der Waals surface area contributed by atoms with Crippen LogP contribution in [-0.2, 0) is 0 Å². The van der Waals surface area contributed by atoms with Gasteiger partial charge in [-0.05, 0) is 30.3 Å². The zero-order valence-electron chi connectivity index (χ0n) is 12.3. The minimum atomic E-state index is -0.310.